The summed E-state index contributed by atoms with van der Waals surface area (Å²) >= 11 is 0. The van der Waals surface area contributed by atoms with E-state index in [0.29, 0.717) is 12.0 Å². The molecule has 2 aliphatic rings. The van der Waals surface area contributed by atoms with Gasteiger partial charge in [-0.25, -0.2) is 0 Å². The van der Waals surface area contributed by atoms with Crippen LogP contribution in [0.2, 0.25) is 0 Å². The van der Waals surface area contributed by atoms with Crippen molar-refractivity contribution in [3.63, 3.8) is 0 Å². The summed E-state index contributed by atoms with van der Waals surface area (Å²) in [6, 6.07) is 19.1. The minimum atomic E-state index is 0. The lowest BCUT2D eigenvalue weighted by atomic mass is 9.95. The number of ether oxygens (including phenoxy) is 2. The van der Waals surface area contributed by atoms with Crippen LogP contribution in [0.5, 0.6) is 5.75 Å². The summed E-state index contributed by atoms with van der Waals surface area (Å²) in [5, 5.41) is 7.07. The van der Waals surface area contributed by atoms with Crippen LogP contribution in [0.15, 0.2) is 59.6 Å². The molecular weight excluding hydrogens is 515 g/mol. The van der Waals surface area contributed by atoms with E-state index in [1.165, 1.54) is 5.56 Å². The fourth-order valence-corrected chi connectivity index (χ4v) is 4.54. The van der Waals surface area contributed by atoms with Crippen molar-refractivity contribution in [2.24, 2.45) is 10.9 Å². The third-order valence-corrected chi connectivity index (χ3v) is 6.13. The summed E-state index contributed by atoms with van der Waals surface area (Å²) in [6.45, 7) is 6.46. The first kappa shape index (κ1) is 24.6. The standard InChI is InChI=1S/C25H34N4O2.HI/c1-3-26-25(27-17-20-14-16-31-24(20)19-9-5-4-6-10-19)28-21-13-15-29(18-21)22-11-7-8-12-23(22)30-2;/h4-12,20-21,24H,3,13-18H2,1-2H3,(H2,26,27,28);1H. The molecule has 6 nitrogen and oxygen atoms in total. The average Bonchev–Trinajstić information content (AvgIpc) is 3.48. The number of guanidine groups is 1. The fraction of sp³-hybridized carbons (Fsp3) is 0.480. The Balaban J connectivity index is 0.00000289. The Labute approximate surface area is 208 Å². The number of nitrogens with one attached hydrogen (secondary N) is 2. The molecule has 2 N–H and O–H groups in total. The number of halogens is 1. The molecule has 7 heteroatoms. The van der Waals surface area contributed by atoms with Gasteiger partial charge in [0, 0.05) is 44.7 Å². The van der Waals surface area contributed by atoms with Crippen LogP contribution >= 0.6 is 24.0 Å². The molecule has 174 valence electrons. The molecule has 4 rings (SSSR count). The molecule has 0 spiro atoms. The summed E-state index contributed by atoms with van der Waals surface area (Å²) in [6.07, 6.45) is 2.26. The Bertz CT molecular complexity index is 864. The molecule has 0 amide bonds. The molecule has 0 bridgehead atoms. The van der Waals surface area contributed by atoms with E-state index in [9.17, 15) is 0 Å². The number of para-hydroxylation sites is 2. The van der Waals surface area contributed by atoms with Gasteiger partial charge in [-0.05, 0) is 37.5 Å². The quantitative estimate of drug-likeness (QED) is 0.307. The van der Waals surface area contributed by atoms with Crippen LogP contribution in [0.1, 0.15) is 31.4 Å². The second-order valence-electron chi connectivity index (χ2n) is 8.22. The van der Waals surface area contributed by atoms with Crippen LogP contribution in [-0.4, -0.2) is 51.9 Å². The molecule has 0 saturated carbocycles. The Kier molecular flexibility index (Phi) is 9.47. The van der Waals surface area contributed by atoms with Gasteiger partial charge < -0.3 is 25.0 Å². The summed E-state index contributed by atoms with van der Waals surface area (Å²) in [7, 11) is 1.73. The molecule has 2 heterocycles. The van der Waals surface area contributed by atoms with Crippen molar-refractivity contribution in [2.75, 3.05) is 44.8 Å². The molecule has 32 heavy (non-hydrogen) atoms. The molecule has 0 aliphatic carbocycles. The van der Waals surface area contributed by atoms with Gasteiger partial charge >= 0.3 is 0 Å². The van der Waals surface area contributed by atoms with Crippen molar-refractivity contribution in [3.05, 3.63) is 60.2 Å². The topological polar surface area (TPSA) is 58.1 Å². The van der Waals surface area contributed by atoms with E-state index in [-0.39, 0.29) is 30.1 Å². The number of hydrogen-bond acceptors (Lipinski definition) is 4. The smallest absolute Gasteiger partial charge is 0.191 e. The zero-order valence-electron chi connectivity index (χ0n) is 19.0. The first-order valence-corrected chi connectivity index (χ1v) is 11.4. The highest BCUT2D eigenvalue weighted by Gasteiger charge is 2.30. The molecule has 2 aliphatic heterocycles. The third-order valence-electron chi connectivity index (χ3n) is 6.13. The molecule has 2 saturated heterocycles. The SMILES string of the molecule is CCNC(=NCC1CCOC1c1ccccc1)NC1CCN(c2ccccc2OC)C1.I. The number of anilines is 1. The van der Waals surface area contributed by atoms with Gasteiger partial charge in [-0.15, -0.1) is 24.0 Å². The van der Waals surface area contributed by atoms with Crippen LogP contribution in [0.25, 0.3) is 0 Å². The number of methoxy groups -OCH3 is 1. The van der Waals surface area contributed by atoms with Gasteiger partial charge in [0.1, 0.15) is 5.75 Å². The zero-order valence-corrected chi connectivity index (χ0v) is 21.3. The van der Waals surface area contributed by atoms with Crippen molar-refractivity contribution < 1.29 is 9.47 Å². The van der Waals surface area contributed by atoms with Crippen molar-refractivity contribution >= 4 is 35.6 Å². The van der Waals surface area contributed by atoms with Crippen LogP contribution in [0.4, 0.5) is 5.69 Å². The molecule has 0 radical (unpaired) electrons. The fourth-order valence-electron chi connectivity index (χ4n) is 4.54. The number of nitrogens with zero attached hydrogens (tertiary/aromatic N) is 2. The second-order valence-corrected chi connectivity index (χ2v) is 8.22. The number of hydrogen-bond donors (Lipinski definition) is 2. The first-order valence-electron chi connectivity index (χ1n) is 11.4. The Morgan fingerprint density at radius 3 is 2.69 bits per heavy atom. The molecule has 2 fully saturated rings. The first-order chi connectivity index (χ1) is 15.3. The van der Waals surface area contributed by atoms with Crippen LogP contribution in [-0.2, 0) is 4.74 Å². The highest BCUT2D eigenvalue weighted by Crippen LogP contribution is 2.34. The van der Waals surface area contributed by atoms with E-state index >= 15 is 0 Å². The largest absolute Gasteiger partial charge is 0.495 e. The maximum Gasteiger partial charge on any atom is 0.191 e. The van der Waals surface area contributed by atoms with Crippen molar-refractivity contribution in [3.8, 4) is 5.75 Å². The van der Waals surface area contributed by atoms with E-state index in [2.05, 4.69) is 64.9 Å². The average molecular weight is 550 g/mol. The van der Waals surface area contributed by atoms with E-state index in [0.717, 1.165) is 63.0 Å². The number of aliphatic imine (C=N–C) groups is 1. The lowest BCUT2D eigenvalue weighted by Gasteiger charge is -2.22. The highest BCUT2D eigenvalue weighted by molar-refractivity contribution is 14.0. The maximum absolute atomic E-state index is 6.03. The van der Waals surface area contributed by atoms with Crippen molar-refractivity contribution in [2.45, 2.75) is 31.9 Å². The van der Waals surface area contributed by atoms with Gasteiger partial charge in [-0.3, -0.25) is 4.99 Å². The van der Waals surface area contributed by atoms with E-state index in [4.69, 9.17) is 14.5 Å². The Morgan fingerprint density at radius 1 is 1.12 bits per heavy atom. The molecular formula is C25H35IN4O2. The van der Waals surface area contributed by atoms with Crippen molar-refractivity contribution in [1.29, 1.82) is 0 Å². The van der Waals surface area contributed by atoms with Crippen LogP contribution in [0.3, 0.4) is 0 Å². The molecule has 3 unspecified atom stereocenters. The summed E-state index contributed by atoms with van der Waals surface area (Å²) in [4.78, 5) is 7.32. The minimum absolute atomic E-state index is 0. The van der Waals surface area contributed by atoms with Gasteiger partial charge in [0.25, 0.3) is 0 Å². The Morgan fingerprint density at radius 2 is 1.91 bits per heavy atom. The number of benzene rings is 2. The predicted molar refractivity (Wildman–Crippen MR) is 141 cm³/mol. The predicted octanol–water partition coefficient (Wildman–Crippen LogP) is 4.22. The van der Waals surface area contributed by atoms with Crippen molar-refractivity contribution in [1.82, 2.24) is 10.6 Å². The second kappa shape index (κ2) is 12.3. The van der Waals surface area contributed by atoms with E-state index in [1.807, 2.05) is 12.1 Å². The monoisotopic (exact) mass is 550 g/mol. The maximum atomic E-state index is 6.03. The van der Waals surface area contributed by atoms with Gasteiger partial charge in [0.05, 0.1) is 18.9 Å². The zero-order chi connectivity index (χ0) is 21.5. The van der Waals surface area contributed by atoms with E-state index in [1.54, 1.807) is 7.11 Å². The van der Waals surface area contributed by atoms with Crippen LogP contribution < -0.4 is 20.3 Å². The normalized spacial score (nSPS) is 23.0. The molecule has 2 aromatic rings. The van der Waals surface area contributed by atoms with Crippen LogP contribution in [0, 0.1) is 5.92 Å². The highest BCUT2D eigenvalue weighted by atomic mass is 127. The Hall–Kier alpha value is -2.00. The summed E-state index contributed by atoms with van der Waals surface area (Å²) in [5.41, 5.74) is 2.41. The van der Waals surface area contributed by atoms with Gasteiger partial charge in [-0.2, -0.15) is 0 Å². The van der Waals surface area contributed by atoms with Gasteiger partial charge in [0.2, 0.25) is 0 Å². The summed E-state index contributed by atoms with van der Waals surface area (Å²) < 4.78 is 11.6. The number of rotatable bonds is 7. The molecule has 3 atom stereocenters. The summed E-state index contributed by atoms with van der Waals surface area (Å²) in [5.74, 6) is 2.23. The third kappa shape index (κ3) is 6.07. The molecule has 0 aromatic heterocycles. The molecule has 2 aromatic carbocycles. The van der Waals surface area contributed by atoms with Gasteiger partial charge in [-0.1, -0.05) is 42.5 Å². The lowest BCUT2D eigenvalue weighted by Crippen LogP contribution is -2.45. The van der Waals surface area contributed by atoms with E-state index < -0.39 is 0 Å². The lowest BCUT2D eigenvalue weighted by molar-refractivity contribution is 0.0925. The minimum Gasteiger partial charge on any atom is -0.495 e. The van der Waals surface area contributed by atoms with Gasteiger partial charge in [0.15, 0.2) is 5.96 Å².